The Balaban J connectivity index is 1.97. The molecule has 36 heavy (non-hydrogen) atoms. The Morgan fingerprint density at radius 3 is 1.83 bits per heavy atom. The van der Waals surface area contributed by atoms with Crippen molar-refractivity contribution in [1.29, 1.82) is 0 Å². The van der Waals surface area contributed by atoms with Gasteiger partial charge in [-0.15, -0.1) is 0 Å². The summed E-state index contributed by atoms with van der Waals surface area (Å²) < 4.78 is 0. The molecule has 4 amide bonds. The summed E-state index contributed by atoms with van der Waals surface area (Å²) in [6.45, 7) is -1.20. The van der Waals surface area contributed by atoms with Crippen LogP contribution in [0.3, 0.4) is 0 Å². The molecule has 0 spiro atoms. The van der Waals surface area contributed by atoms with Gasteiger partial charge in [-0.3, -0.25) is 19.2 Å². The molecule has 0 aliphatic heterocycles. The molecule has 0 heterocycles. The first-order valence-electron chi connectivity index (χ1n) is 11.1. The number of benzene rings is 2. The quantitative estimate of drug-likeness (QED) is 0.171. The molecule has 0 unspecified atom stereocenters. The minimum absolute atomic E-state index is 0.0243. The molecule has 0 aromatic heterocycles. The van der Waals surface area contributed by atoms with Crippen LogP contribution < -0.4 is 27.0 Å². The van der Waals surface area contributed by atoms with Gasteiger partial charge in [0.05, 0.1) is 19.6 Å². The molecule has 2 rings (SSSR count). The monoisotopic (exact) mass is 499 g/mol. The maximum Gasteiger partial charge on any atom is 0.326 e. The second kappa shape index (κ2) is 14.1. The van der Waals surface area contributed by atoms with Gasteiger partial charge < -0.3 is 37.2 Å². The Morgan fingerprint density at radius 2 is 1.25 bits per heavy atom. The summed E-state index contributed by atoms with van der Waals surface area (Å²) in [6, 6.07) is 12.4. The van der Waals surface area contributed by atoms with Crippen molar-refractivity contribution in [1.82, 2.24) is 21.3 Å². The van der Waals surface area contributed by atoms with E-state index < -0.39 is 48.2 Å². The van der Waals surface area contributed by atoms with Gasteiger partial charge in [-0.1, -0.05) is 42.5 Å². The zero-order valence-corrected chi connectivity index (χ0v) is 19.4. The molecular formula is C24H29N5O7. The van der Waals surface area contributed by atoms with Crippen molar-refractivity contribution in [3.05, 3.63) is 65.7 Å². The molecule has 2 aromatic rings. The lowest BCUT2D eigenvalue weighted by atomic mass is 10.0. The van der Waals surface area contributed by atoms with Crippen LogP contribution in [0.4, 0.5) is 0 Å². The van der Waals surface area contributed by atoms with E-state index in [0.29, 0.717) is 5.56 Å². The third-order valence-corrected chi connectivity index (χ3v) is 5.00. The topological polar surface area (TPSA) is 200 Å². The van der Waals surface area contributed by atoms with Crippen molar-refractivity contribution in [2.24, 2.45) is 5.73 Å². The molecule has 0 bridgehead atoms. The molecular weight excluding hydrogens is 470 g/mol. The Hall–Kier alpha value is -4.45. The highest BCUT2D eigenvalue weighted by atomic mass is 16.4. The first kappa shape index (κ1) is 27.8. The van der Waals surface area contributed by atoms with Gasteiger partial charge in [0.25, 0.3) is 0 Å². The fraction of sp³-hybridized carbons (Fsp3) is 0.292. The average Bonchev–Trinajstić information content (AvgIpc) is 2.86. The highest BCUT2D eigenvalue weighted by molar-refractivity contribution is 5.93. The van der Waals surface area contributed by atoms with Crippen molar-refractivity contribution in [3.8, 4) is 5.75 Å². The molecule has 0 aliphatic rings. The number of nitrogens with one attached hydrogen (secondary N) is 4. The lowest BCUT2D eigenvalue weighted by Crippen LogP contribution is -2.53. The predicted molar refractivity (Wildman–Crippen MR) is 129 cm³/mol. The highest BCUT2D eigenvalue weighted by Gasteiger charge is 2.24. The minimum Gasteiger partial charge on any atom is -0.508 e. The largest absolute Gasteiger partial charge is 0.508 e. The molecule has 0 saturated heterocycles. The Labute approximate surface area is 207 Å². The molecule has 0 saturated carbocycles. The Bertz CT molecular complexity index is 1060. The zero-order valence-electron chi connectivity index (χ0n) is 19.4. The highest BCUT2D eigenvalue weighted by Crippen LogP contribution is 2.11. The van der Waals surface area contributed by atoms with E-state index in [9.17, 15) is 34.2 Å². The number of amides is 4. The number of hydrogen-bond donors (Lipinski definition) is 7. The summed E-state index contributed by atoms with van der Waals surface area (Å²) >= 11 is 0. The standard InChI is InChI=1S/C24H29N5O7/c25-12-20(31)26-13-21(32)28-18(10-15-4-2-1-3-5-15)23(34)27-14-22(33)29-19(24(35)36)11-16-6-8-17(30)9-7-16/h1-9,18-19,30H,10-14,25H2,(H,26,31)(H,27,34)(H,28,32)(H,29,33)(H,35,36)/t18-,19+/m1/s1. The van der Waals surface area contributed by atoms with E-state index in [-0.39, 0.29) is 31.7 Å². The number of carbonyl (C=O) groups excluding carboxylic acids is 4. The Kier molecular flexibility index (Phi) is 10.9. The minimum atomic E-state index is -1.27. The van der Waals surface area contributed by atoms with Gasteiger partial charge in [0.1, 0.15) is 17.8 Å². The maximum absolute atomic E-state index is 12.8. The van der Waals surface area contributed by atoms with Crippen LogP contribution in [0.1, 0.15) is 11.1 Å². The van der Waals surface area contributed by atoms with Crippen molar-refractivity contribution in [2.75, 3.05) is 19.6 Å². The van der Waals surface area contributed by atoms with E-state index in [2.05, 4.69) is 21.3 Å². The van der Waals surface area contributed by atoms with Crippen molar-refractivity contribution in [3.63, 3.8) is 0 Å². The van der Waals surface area contributed by atoms with Gasteiger partial charge in [-0.05, 0) is 23.3 Å². The molecule has 0 aliphatic carbocycles. The average molecular weight is 500 g/mol. The second-order valence-electron chi connectivity index (χ2n) is 7.84. The molecule has 2 atom stereocenters. The Morgan fingerprint density at radius 1 is 0.722 bits per heavy atom. The van der Waals surface area contributed by atoms with Crippen LogP contribution in [0.15, 0.2) is 54.6 Å². The van der Waals surface area contributed by atoms with Crippen LogP contribution in [0.25, 0.3) is 0 Å². The first-order valence-corrected chi connectivity index (χ1v) is 11.1. The number of nitrogens with two attached hydrogens (primary N) is 1. The smallest absolute Gasteiger partial charge is 0.326 e. The molecule has 12 nitrogen and oxygen atoms in total. The fourth-order valence-corrected chi connectivity index (χ4v) is 3.16. The molecule has 2 aromatic carbocycles. The summed E-state index contributed by atoms with van der Waals surface area (Å²) in [5.41, 5.74) is 6.51. The molecule has 12 heteroatoms. The van der Waals surface area contributed by atoms with Crippen LogP contribution in [-0.2, 0) is 36.8 Å². The number of carboxylic acid groups (broad SMARTS) is 1. The molecule has 0 radical (unpaired) electrons. The van der Waals surface area contributed by atoms with Crippen molar-refractivity contribution in [2.45, 2.75) is 24.9 Å². The van der Waals surface area contributed by atoms with Gasteiger partial charge in [0, 0.05) is 12.8 Å². The number of carboxylic acids is 1. The van der Waals surface area contributed by atoms with Crippen LogP contribution >= 0.6 is 0 Å². The van der Waals surface area contributed by atoms with Gasteiger partial charge in [0.15, 0.2) is 0 Å². The maximum atomic E-state index is 12.8. The summed E-state index contributed by atoms with van der Waals surface area (Å²) in [5.74, 6) is -3.82. The van der Waals surface area contributed by atoms with E-state index in [1.54, 1.807) is 30.3 Å². The molecule has 8 N–H and O–H groups in total. The first-order chi connectivity index (χ1) is 17.2. The van der Waals surface area contributed by atoms with Crippen LogP contribution in [0, 0.1) is 0 Å². The van der Waals surface area contributed by atoms with Crippen LogP contribution in [0.2, 0.25) is 0 Å². The van der Waals surface area contributed by atoms with Crippen molar-refractivity contribution >= 4 is 29.6 Å². The molecule has 0 fully saturated rings. The van der Waals surface area contributed by atoms with Gasteiger partial charge >= 0.3 is 5.97 Å². The zero-order chi connectivity index (χ0) is 26.5. The van der Waals surface area contributed by atoms with E-state index in [4.69, 9.17) is 5.73 Å². The van der Waals surface area contributed by atoms with Crippen LogP contribution in [0.5, 0.6) is 5.75 Å². The lowest BCUT2D eigenvalue weighted by molar-refractivity contribution is -0.141. The van der Waals surface area contributed by atoms with Crippen molar-refractivity contribution < 1.29 is 34.2 Å². The van der Waals surface area contributed by atoms with E-state index >= 15 is 0 Å². The van der Waals surface area contributed by atoms with E-state index in [0.717, 1.165) is 5.56 Å². The number of rotatable bonds is 13. The lowest BCUT2D eigenvalue weighted by Gasteiger charge is -2.19. The van der Waals surface area contributed by atoms with E-state index in [1.165, 1.54) is 24.3 Å². The van der Waals surface area contributed by atoms with Gasteiger partial charge in [0.2, 0.25) is 23.6 Å². The van der Waals surface area contributed by atoms with Crippen LogP contribution in [-0.4, -0.2) is 71.5 Å². The number of aromatic hydroxyl groups is 1. The molecule has 192 valence electrons. The third kappa shape index (κ3) is 9.81. The predicted octanol–water partition coefficient (Wildman–Crippen LogP) is -1.58. The summed E-state index contributed by atoms with van der Waals surface area (Å²) in [5, 5.41) is 28.3. The van der Waals surface area contributed by atoms with E-state index in [1.807, 2.05) is 0 Å². The number of hydrogen-bond acceptors (Lipinski definition) is 7. The number of phenols is 1. The summed E-state index contributed by atoms with van der Waals surface area (Å²) in [7, 11) is 0. The SMILES string of the molecule is NCC(=O)NCC(=O)N[C@H](Cc1ccccc1)C(=O)NCC(=O)N[C@@H](Cc1ccc(O)cc1)C(=O)O. The second-order valence-corrected chi connectivity index (χ2v) is 7.84. The normalized spacial score (nSPS) is 12.0. The summed E-state index contributed by atoms with van der Waals surface area (Å²) in [6.07, 6.45) is 0.0833. The number of phenolic OH excluding ortho intramolecular Hbond substituents is 1. The number of aliphatic carboxylic acids is 1. The third-order valence-electron chi connectivity index (χ3n) is 5.00. The van der Waals surface area contributed by atoms with Gasteiger partial charge in [-0.2, -0.15) is 0 Å². The van der Waals surface area contributed by atoms with Gasteiger partial charge in [-0.25, -0.2) is 4.79 Å². The fourth-order valence-electron chi connectivity index (χ4n) is 3.16. The summed E-state index contributed by atoms with van der Waals surface area (Å²) in [4.78, 5) is 60.2. The number of carbonyl (C=O) groups is 5.